The summed E-state index contributed by atoms with van der Waals surface area (Å²) in [5.41, 5.74) is 2.61. The van der Waals surface area contributed by atoms with Crippen LogP contribution in [-0.4, -0.2) is 22.6 Å². The van der Waals surface area contributed by atoms with E-state index in [1.165, 1.54) is 30.6 Å². The minimum atomic E-state index is 0.239. The molecule has 1 atom stereocenters. The summed E-state index contributed by atoms with van der Waals surface area (Å²) in [6.07, 6.45) is 3.64. The van der Waals surface area contributed by atoms with E-state index < -0.39 is 0 Å². The lowest BCUT2D eigenvalue weighted by Crippen LogP contribution is -2.32. The summed E-state index contributed by atoms with van der Waals surface area (Å²) in [6.45, 7) is 4.45. The molecule has 2 heterocycles. The third-order valence-electron chi connectivity index (χ3n) is 4.23. The van der Waals surface area contributed by atoms with E-state index >= 15 is 0 Å². The van der Waals surface area contributed by atoms with E-state index in [0.717, 1.165) is 18.6 Å². The van der Waals surface area contributed by atoms with E-state index in [1.54, 1.807) is 0 Å². The van der Waals surface area contributed by atoms with Crippen molar-refractivity contribution in [1.29, 1.82) is 0 Å². The van der Waals surface area contributed by atoms with Crippen molar-refractivity contribution in [3.8, 4) is 0 Å². The molecule has 2 aromatic rings. The predicted octanol–water partition coefficient (Wildman–Crippen LogP) is 2.60. The molecular formula is C15H21N3. The number of rotatable bonds is 3. The second kappa shape index (κ2) is 4.39. The fraction of sp³-hybridized carbons (Fsp3) is 0.533. The van der Waals surface area contributed by atoms with Crippen molar-refractivity contribution in [2.24, 2.45) is 7.05 Å². The number of nitrogens with one attached hydrogen (secondary N) is 1. The maximum absolute atomic E-state index is 4.91. The topological polar surface area (TPSA) is 29.9 Å². The Kier molecular flexibility index (Phi) is 2.86. The molecule has 0 amide bonds. The van der Waals surface area contributed by atoms with Crippen molar-refractivity contribution in [1.82, 2.24) is 14.9 Å². The summed E-state index contributed by atoms with van der Waals surface area (Å²) in [5.74, 6) is 1.26. The highest BCUT2D eigenvalue weighted by Gasteiger charge is 2.38. The Hall–Kier alpha value is -1.35. The lowest BCUT2D eigenvalue weighted by atomic mass is 9.81. The van der Waals surface area contributed by atoms with Crippen LogP contribution in [0.5, 0.6) is 0 Å². The zero-order chi connectivity index (χ0) is 12.6. The standard InChI is InChI=1S/C15H21N3/c1-3-8-15(9-10-16-11-15)14-17-12-6-4-5-7-13(12)18(14)2/h4-7,16H,3,8-11H2,1-2H3. The Morgan fingerprint density at radius 1 is 1.39 bits per heavy atom. The summed E-state index contributed by atoms with van der Waals surface area (Å²) in [7, 11) is 2.15. The van der Waals surface area contributed by atoms with E-state index in [4.69, 9.17) is 4.98 Å². The molecule has 1 aromatic heterocycles. The monoisotopic (exact) mass is 243 g/mol. The molecule has 3 rings (SSSR count). The number of hydrogen-bond donors (Lipinski definition) is 1. The van der Waals surface area contributed by atoms with Crippen molar-refractivity contribution in [3.05, 3.63) is 30.1 Å². The molecule has 1 aliphatic rings. The third kappa shape index (κ3) is 1.65. The number of hydrogen-bond acceptors (Lipinski definition) is 2. The van der Waals surface area contributed by atoms with Gasteiger partial charge in [0.25, 0.3) is 0 Å². The van der Waals surface area contributed by atoms with Gasteiger partial charge in [0.05, 0.1) is 11.0 Å². The number of aromatic nitrogens is 2. The van der Waals surface area contributed by atoms with E-state index in [2.05, 4.69) is 48.1 Å². The van der Waals surface area contributed by atoms with Crippen LogP contribution in [0.2, 0.25) is 0 Å². The summed E-state index contributed by atoms with van der Waals surface area (Å²) in [6, 6.07) is 8.43. The smallest absolute Gasteiger partial charge is 0.117 e. The molecule has 3 heteroatoms. The van der Waals surface area contributed by atoms with Crippen LogP contribution in [0, 0.1) is 0 Å². The van der Waals surface area contributed by atoms with Crippen LogP contribution in [-0.2, 0) is 12.5 Å². The molecule has 3 nitrogen and oxygen atoms in total. The van der Waals surface area contributed by atoms with E-state index in [0.29, 0.717) is 0 Å². The Bertz CT molecular complexity index is 550. The van der Waals surface area contributed by atoms with Gasteiger partial charge < -0.3 is 9.88 Å². The lowest BCUT2D eigenvalue weighted by Gasteiger charge is -2.27. The first-order valence-corrected chi connectivity index (χ1v) is 6.89. The van der Waals surface area contributed by atoms with Gasteiger partial charge in [-0.25, -0.2) is 4.98 Å². The zero-order valence-electron chi connectivity index (χ0n) is 11.2. The van der Waals surface area contributed by atoms with E-state index in [9.17, 15) is 0 Å². The zero-order valence-corrected chi connectivity index (χ0v) is 11.2. The molecule has 1 aliphatic heterocycles. The number of benzene rings is 1. The minimum Gasteiger partial charge on any atom is -0.331 e. The molecule has 96 valence electrons. The number of aryl methyl sites for hydroxylation is 1. The highest BCUT2D eigenvalue weighted by atomic mass is 15.1. The quantitative estimate of drug-likeness (QED) is 0.898. The maximum Gasteiger partial charge on any atom is 0.117 e. The Morgan fingerprint density at radius 3 is 2.89 bits per heavy atom. The fourth-order valence-corrected chi connectivity index (χ4v) is 3.36. The first-order chi connectivity index (χ1) is 8.77. The van der Waals surface area contributed by atoms with Crippen molar-refractivity contribution in [2.75, 3.05) is 13.1 Å². The van der Waals surface area contributed by atoms with E-state index in [-0.39, 0.29) is 5.41 Å². The van der Waals surface area contributed by atoms with Crippen molar-refractivity contribution >= 4 is 11.0 Å². The van der Waals surface area contributed by atoms with Gasteiger partial charge in [-0.1, -0.05) is 25.5 Å². The molecule has 1 N–H and O–H groups in total. The first kappa shape index (κ1) is 11.7. The summed E-state index contributed by atoms with van der Waals surface area (Å²) in [5, 5.41) is 3.51. The number of imidazole rings is 1. The molecule has 0 radical (unpaired) electrons. The minimum absolute atomic E-state index is 0.239. The first-order valence-electron chi connectivity index (χ1n) is 6.89. The van der Waals surface area contributed by atoms with Gasteiger partial charge in [0.15, 0.2) is 0 Å². The van der Waals surface area contributed by atoms with Crippen LogP contribution in [0.3, 0.4) is 0 Å². The number of para-hydroxylation sites is 2. The SMILES string of the molecule is CCCC1(c2nc3ccccc3n2C)CCNC1. The molecule has 0 aliphatic carbocycles. The highest BCUT2D eigenvalue weighted by Crippen LogP contribution is 2.35. The highest BCUT2D eigenvalue weighted by molar-refractivity contribution is 5.76. The normalized spacial score (nSPS) is 23.9. The van der Waals surface area contributed by atoms with Crippen LogP contribution in [0.4, 0.5) is 0 Å². The molecule has 1 saturated heterocycles. The van der Waals surface area contributed by atoms with Crippen LogP contribution in [0.15, 0.2) is 24.3 Å². The predicted molar refractivity (Wildman–Crippen MR) is 74.8 cm³/mol. The second-order valence-corrected chi connectivity index (χ2v) is 5.44. The molecule has 1 aromatic carbocycles. The van der Waals surface area contributed by atoms with Gasteiger partial charge in [-0.2, -0.15) is 0 Å². The average Bonchev–Trinajstić information content (AvgIpc) is 2.97. The summed E-state index contributed by atoms with van der Waals surface area (Å²) in [4.78, 5) is 4.91. The van der Waals surface area contributed by atoms with Gasteiger partial charge in [-0.05, 0) is 31.5 Å². The van der Waals surface area contributed by atoms with Crippen molar-refractivity contribution in [3.63, 3.8) is 0 Å². The van der Waals surface area contributed by atoms with Gasteiger partial charge >= 0.3 is 0 Å². The fourth-order valence-electron chi connectivity index (χ4n) is 3.36. The molecule has 0 bridgehead atoms. The largest absolute Gasteiger partial charge is 0.331 e. The summed E-state index contributed by atoms with van der Waals surface area (Å²) >= 11 is 0. The molecule has 1 unspecified atom stereocenters. The van der Waals surface area contributed by atoms with Crippen LogP contribution < -0.4 is 5.32 Å². The van der Waals surface area contributed by atoms with Gasteiger partial charge in [-0.3, -0.25) is 0 Å². The van der Waals surface area contributed by atoms with Gasteiger partial charge in [-0.15, -0.1) is 0 Å². The van der Waals surface area contributed by atoms with Gasteiger partial charge in [0.1, 0.15) is 5.82 Å². The van der Waals surface area contributed by atoms with Crippen molar-refractivity contribution < 1.29 is 0 Å². The van der Waals surface area contributed by atoms with Crippen LogP contribution in [0.25, 0.3) is 11.0 Å². The Morgan fingerprint density at radius 2 is 2.22 bits per heavy atom. The van der Waals surface area contributed by atoms with Crippen LogP contribution >= 0.6 is 0 Å². The number of fused-ring (bicyclic) bond motifs is 1. The van der Waals surface area contributed by atoms with Crippen molar-refractivity contribution in [2.45, 2.75) is 31.6 Å². The Balaban J connectivity index is 2.14. The third-order valence-corrected chi connectivity index (χ3v) is 4.23. The molecule has 1 fully saturated rings. The molecule has 18 heavy (non-hydrogen) atoms. The Labute approximate surface area is 108 Å². The van der Waals surface area contributed by atoms with Gasteiger partial charge in [0, 0.05) is 19.0 Å². The molecule has 0 saturated carbocycles. The molecular weight excluding hydrogens is 222 g/mol. The maximum atomic E-state index is 4.91. The average molecular weight is 243 g/mol. The lowest BCUT2D eigenvalue weighted by molar-refractivity contribution is 0.393. The van der Waals surface area contributed by atoms with E-state index in [1.807, 2.05) is 0 Å². The van der Waals surface area contributed by atoms with Crippen LogP contribution in [0.1, 0.15) is 32.0 Å². The second-order valence-electron chi connectivity index (χ2n) is 5.44. The summed E-state index contributed by atoms with van der Waals surface area (Å²) < 4.78 is 2.29. The van der Waals surface area contributed by atoms with Gasteiger partial charge in [0.2, 0.25) is 0 Å². The number of nitrogens with zero attached hydrogens (tertiary/aromatic N) is 2. The molecule has 0 spiro atoms.